The molecule has 1 atom stereocenters. The van der Waals surface area contributed by atoms with E-state index in [0.717, 1.165) is 57.5 Å². The number of piperidine rings is 2. The number of rotatable bonds is 6. The molecule has 3 rings (SSSR count). The maximum Gasteiger partial charge on any atom is 0.222 e. The number of nitrogens with zero attached hydrogens (tertiary/aromatic N) is 3. The van der Waals surface area contributed by atoms with Gasteiger partial charge in [0.15, 0.2) is 0 Å². The number of hydrogen-bond acceptors (Lipinski definition) is 3. The highest BCUT2D eigenvalue weighted by molar-refractivity contribution is 5.76. The zero-order chi connectivity index (χ0) is 19.9. The second kappa shape index (κ2) is 10.1. The van der Waals surface area contributed by atoms with Crippen molar-refractivity contribution < 1.29 is 4.79 Å². The fraction of sp³-hybridized carbons (Fsp3) is 0.625. The van der Waals surface area contributed by atoms with Crippen LogP contribution in [0.2, 0.25) is 0 Å². The maximum atomic E-state index is 12.7. The fourth-order valence-electron chi connectivity index (χ4n) is 4.58. The number of likely N-dealkylation sites (tertiary alicyclic amines) is 2. The van der Waals surface area contributed by atoms with Crippen molar-refractivity contribution in [2.45, 2.75) is 51.1 Å². The van der Waals surface area contributed by atoms with Crippen LogP contribution in [0, 0.1) is 18.3 Å². The molecule has 1 aromatic rings. The lowest BCUT2D eigenvalue weighted by molar-refractivity contribution is -0.133. The quantitative estimate of drug-likeness (QED) is 0.708. The summed E-state index contributed by atoms with van der Waals surface area (Å²) in [5, 5.41) is 0. The van der Waals surface area contributed by atoms with Gasteiger partial charge in [-0.05, 0) is 82.4 Å². The Kier molecular flexibility index (Phi) is 7.53. The molecule has 0 aliphatic carbocycles. The minimum Gasteiger partial charge on any atom is -0.343 e. The molecule has 1 aromatic carbocycles. The van der Waals surface area contributed by atoms with E-state index in [2.05, 4.69) is 34.9 Å². The third-order valence-corrected chi connectivity index (χ3v) is 6.53. The van der Waals surface area contributed by atoms with Crippen molar-refractivity contribution in [3.05, 3.63) is 35.4 Å². The molecule has 2 aliphatic rings. The summed E-state index contributed by atoms with van der Waals surface area (Å²) in [4.78, 5) is 19.6. The zero-order valence-corrected chi connectivity index (χ0v) is 17.6. The van der Waals surface area contributed by atoms with Crippen LogP contribution in [0.15, 0.2) is 24.3 Å². The molecule has 4 heteroatoms. The van der Waals surface area contributed by atoms with Crippen LogP contribution in [0.25, 0.3) is 0 Å². The van der Waals surface area contributed by atoms with Crippen molar-refractivity contribution in [3.8, 4) is 12.3 Å². The van der Waals surface area contributed by atoms with Gasteiger partial charge in [0, 0.05) is 38.2 Å². The molecule has 0 saturated carbocycles. The Hall–Kier alpha value is -1.83. The molecule has 0 aromatic heterocycles. The van der Waals surface area contributed by atoms with Gasteiger partial charge in [-0.25, -0.2) is 0 Å². The monoisotopic (exact) mass is 381 g/mol. The minimum atomic E-state index is 0.330. The molecule has 2 aliphatic heterocycles. The summed E-state index contributed by atoms with van der Waals surface area (Å²) in [5.41, 5.74) is 2.25. The number of hydrogen-bond donors (Lipinski definition) is 0. The topological polar surface area (TPSA) is 26.8 Å². The zero-order valence-electron chi connectivity index (χ0n) is 17.6. The summed E-state index contributed by atoms with van der Waals surface area (Å²) in [6.07, 6.45) is 11.8. The van der Waals surface area contributed by atoms with E-state index in [1.807, 2.05) is 24.1 Å². The first-order valence-corrected chi connectivity index (χ1v) is 10.8. The highest BCUT2D eigenvalue weighted by Crippen LogP contribution is 2.24. The van der Waals surface area contributed by atoms with E-state index < -0.39 is 0 Å². The highest BCUT2D eigenvalue weighted by atomic mass is 16.2. The molecule has 0 N–H and O–H groups in total. The number of benzene rings is 1. The molecular weight excluding hydrogens is 346 g/mol. The van der Waals surface area contributed by atoms with Crippen LogP contribution >= 0.6 is 0 Å². The molecule has 1 amide bonds. The average Bonchev–Trinajstić information content (AvgIpc) is 2.73. The van der Waals surface area contributed by atoms with Gasteiger partial charge < -0.3 is 9.80 Å². The number of carbonyl (C=O) groups excluding carboxylic acids is 1. The van der Waals surface area contributed by atoms with Gasteiger partial charge >= 0.3 is 0 Å². The lowest BCUT2D eigenvalue weighted by Gasteiger charge is -2.36. The lowest BCUT2D eigenvalue weighted by atomic mass is 9.92. The van der Waals surface area contributed by atoms with E-state index >= 15 is 0 Å². The first kappa shape index (κ1) is 20.9. The standard InChI is InChI=1S/C24H35N3O/c1-4-20-7-9-22(10-8-20)19-27-15-5-6-21(18-27)11-12-24(28)26(3)23-13-16-25(2)17-14-23/h1,7-10,21,23H,5-6,11-19H2,2-3H3/t21-/m1/s1. The molecule has 0 radical (unpaired) electrons. The predicted molar refractivity (Wildman–Crippen MR) is 115 cm³/mol. The molecule has 2 heterocycles. The van der Waals surface area contributed by atoms with E-state index in [4.69, 9.17) is 6.42 Å². The van der Waals surface area contributed by atoms with Crippen molar-refractivity contribution in [1.29, 1.82) is 0 Å². The van der Waals surface area contributed by atoms with Crippen molar-refractivity contribution in [3.63, 3.8) is 0 Å². The first-order valence-electron chi connectivity index (χ1n) is 10.8. The molecule has 0 bridgehead atoms. The first-order chi connectivity index (χ1) is 13.5. The second-order valence-electron chi connectivity index (χ2n) is 8.66. The van der Waals surface area contributed by atoms with E-state index in [1.165, 1.54) is 18.4 Å². The smallest absolute Gasteiger partial charge is 0.222 e. The Morgan fingerprint density at radius 3 is 2.57 bits per heavy atom. The second-order valence-corrected chi connectivity index (χ2v) is 8.66. The summed E-state index contributed by atoms with van der Waals surface area (Å²) >= 11 is 0. The van der Waals surface area contributed by atoms with E-state index in [1.54, 1.807) is 0 Å². The van der Waals surface area contributed by atoms with Crippen molar-refractivity contribution in [2.24, 2.45) is 5.92 Å². The summed E-state index contributed by atoms with van der Waals surface area (Å²) in [6, 6.07) is 8.75. The van der Waals surface area contributed by atoms with Gasteiger partial charge in [0.25, 0.3) is 0 Å². The van der Waals surface area contributed by atoms with E-state index in [-0.39, 0.29) is 0 Å². The Morgan fingerprint density at radius 1 is 1.18 bits per heavy atom. The predicted octanol–water partition coefficient (Wildman–Crippen LogP) is 3.21. The Labute approximate surface area is 170 Å². The van der Waals surface area contributed by atoms with Crippen LogP contribution < -0.4 is 0 Å². The van der Waals surface area contributed by atoms with Crippen molar-refractivity contribution >= 4 is 5.91 Å². The van der Waals surface area contributed by atoms with Crippen molar-refractivity contribution in [2.75, 3.05) is 40.3 Å². The van der Waals surface area contributed by atoms with Gasteiger partial charge in [-0.2, -0.15) is 0 Å². The van der Waals surface area contributed by atoms with Crippen LogP contribution in [0.1, 0.15) is 49.7 Å². The number of amides is 1. The molecule has 4 nitrogen and oxygen atoms in total. The van der Waals surface area contributed by atoms with Gasteiger partial charge in [-0.1, -0.05) is 18.1 Å². The average molecular weight is 382 g/mol. The maximum absolute atomic E-state index is 12.7. The molecule has 0 spiro atoms. The van der Waals surface area contributed by atoms with E-state index in [9.17, 15) is 4.79 Å². The SMILES string of the molecule is C#Cc1ccc(CN2CCC[C@H](CCC(=O)N(C)C3CCN(C)CC3)C2)cc1. The number of terminal acetylenes is 1. The molecule has 152 valence electrons. The summed E-state index contributed by atoms with van der Waals surface area (Å²) in [7, 11) is 4.17. The third-order valence-electron chi connectivity index (χ3n) is 6.53. The summed E-state index contributed by atoms with van der Waals surface area (Å²) < 4.78 is 0. The lowest BCUT2D eigenvalue weighted by Crippen LogP contribution is -2.44. The Balaban J connectivity index is 1.42. The molecule has 2 fully saturated rings. The van der Waals surface area contributed by atoms with Gasteiger partial charge in [0.05, 0.1) is 0 Å². The largest absolute Gasteiger partial charge is 0.343 e. The summed E-state index contributed by atoms with van der Waals surface area (Å²) in [5.74, 6) is 3.64. The number of carbonyl (C=O) groups is 1. The normalized spacial score (nSPS) is 22.0. The van der Waals surface area contributed by atoms with Crippen LogP contribution in [0.3, 0.4) is 0 Å². The van der Waals surface area contributed by atoms with Gasteiger partial charge in [-0.3, -0.25) is 9.69 Å². The highest BCUT2D eigenvalue weighted by Gasteiger charge is 2.25. The van der Waals surface area contributed by atoms with Crippen LogP contribution in [-0.4, -0.2) is 66.9 Å². The van der Waals surface area contributed by atoms with Crippen LogP contribution in [0.4, 0.5) is 0 Å². The fourth-order valence-corrected chi connectivity index (χ4v) is 4.58. The van der Waals surface area contributed by atoms with E-state index in [0.29, 0.717) is 24.3 Å². The molecule has 2 saturated heterocycles. The minimum absolute atomic E-state index is 0.330. The summed E-state index contributed by atoms with van der Waals surface area (Å²) in [6.45, 7) is 5.42. The molecular formula is C24H35N3O. The molecule has 28 heavy (non-hydrogen) atoms. The van der Waals surface area contributed by atoms with Crippen LogP contribution in [0.5, 0.6) is 0 Å². The van der Waals surface area contributed by atoms with Crippen molar-refractivity contribution in [1.82, 2.24) is 14.7 Å². The Morgan fingerprint density at radius 2 is 1.89 bits per heavy atom. The third kappa shape index (κ3) is 5.83. The van der Waals surface area contributed by atoms with Crippen LogP contribution in [-0.2, 0) is 11.3 Å². The Bertz CT molecular complexity index is 670. The van der Waals surface area contributed by atoms with Gasteiger partial charge in [0.1, 0.15) is 0 Å². The van der Waals surface area contributed by atoms with Gasteiger partial charge in [0.2, 0.25) is 5.91 Å². The molecule has 0 unspecified atom stereocenters. The van der Waals surface area contributed by atoms with Gasteiger partial charge in [-0.15, -0.1) is 6.42 Å².